The van der Waals surface area contributed by atoms with Crippen LogP contribution in [0.4, 0.5) is 0 Å². The topological polar surface area (TPSA) is 70.6 Å². The van der Waals surface area contributed by atoms with Crippen LogP contribution in [0.3, 0.4) is 0 Å². The zero-order valence-electron chi connectivity index (χ0n) is 13.5. The van der Waals surface area contributed by atoms with Crippen molar-refractivity contribution in [1.82, 2.24) is 14.2 Å². The van der Waals surface area contributed by atoms with E-state index in [9.17, 15) is 13.2 Å². The summed E-state index contributed by atoms with van der Waals surface area (Å²) in [6, 6.07) is 10.5. The van der Waals surface area contributed by atoms with Crippen molar-refractivity contribution in [3.8, 4) is 11.1 Å². The van der Waals surface area contributed by atoms with Crippen LogP contribution in [0, 0.1) is 0 Å². The maximum absolute atomic E-state index is 12.8. The van der Waals surface area contributed by atoms with Crippen molar-refractivity contribution in [1.29, 1.82) is 0 Å². The molecule has 1 aromatic carbocycles. The van der Waals surface area contributed by atoms with Crippen LogP contribution in [0.25, 0.3) is 11.1 Å². The van der Waals surface area contributed by atoms with Gasteiger partial charge in [-0.25, -0.2) is 8.42 Å². The predicted octanol–water partition coefficient (Wildman–Crippen LogP) is 1.82. The molecule has 2 heterocycles. The van der Waals surface area contributed by atoms with Crippen LogP contribution >= 0.6 is 11.6 Å². The third-order valence-electron chi connectivity index (χ3n) is 4.21. The van der Waals surface area contributed by atoms with E-state index in [1.54, 1.807) is 41.6 Å². The van der Waals surface area contributed by atoms with E-state index in [4.69, 9.17) is 11.6 Å². The zero-order valence-corrected chi connectivity index (χ0v) is 15.1. The van der Waals surface area contributed by atoms with E-state index in [1.807, 2.05) is 12.1 Å². The summed E-state index contributed by atoms with van der Waals surface area (Å²) in [5.74, 6) is -0.246. The van der Waals surface area contributed by atoms with Gasteiger partial charge in [-0.1, -0.05) is 12.1 Å². The standard InChI is InChI=1S/C17H18ClN3O3S/c18-13-17(22)20-9-11-21(12-10-20)25(23,24)16-3-1-14(2-4-16)15-5-7-19-8-6-15/h1-8H,9-13H2. The predicted molar refractivity (Wildman–Crippen MR) is 95.7 cm³/mol. The van der Waals surface area contributed by atoms with Gasteiger partial charge in [-0.3, -0.25) is 9.78 Å². The van der Waals surface area contributed by atoms with Gasteiger partial charge in [-0.2, -0.15) is 4.31 Å². The first-order valence-corrected chi connectivity index (χ1v) is 9.84. The Balaban J connectivity index is 1.74. The molecule has 8 heteroatoms. The lowest BCUT2D eigenvalue weighted by atomic mass is 10.1. The second-order valence-electron chi connectivity index (χ2n) is 5.68. The Hall–Kier alpha value is -1.96. The molecule has 1 aliphatic rings. The monoisotopic (exact) mass is 379 g/mol. The highest BCUT2D eigenvalue weighted by Gasteiger charge is 2.29. The molecule has 1 saturated heterocycles. The molecule has 1 aliphatic heterocycles. The van der Waals surface area contributed by atoms with Crippen molar-refractivity contribution in [3.05, 3.63) is 48.8 Å². The van der Waals surface area contributed by atoms with E-state index in [0.29, 0.717) is 13.1 Å². The summed E-state index contributed by atoms with van der Waals surface area (Å²) >= 11 is 5.55. The molecule has 6 nitrogen and oxygen atoms in total. The number of benzene rings is 1. The van der Waals surface area contributed by atoms with E-state index < -0.39 is 10.0 Å². The lowest BCUT2D eigenvalue weighted by molar-refractivity contribution is -0.129. The van der Waals surface area contributed by atoms with E-state index >= 15 is 0 Å². The average Bonchev–Trinajstić information content (AvgIpc) is 2.68. The molecule has 0 radical (unpaired) electrons. The highest BCUT2D eigenvalue weighted by Crippen LogP contribution is 2.23. The molecule has 0 spiro atoms. The average molecular weight is 380 g/mol. The van der Waals surface area contributed by atoms with Gasteiger partial charge in [0.05, 0.1) is 4.90 Å². The van der Waals surface area contributed by atoms with Gasteiger partial charge in [-0.15, -0.1) is 11.6 Å². The molecule has 1 fully saturated rings. The summed E-state index contributed by atoms with van der Waals surface area (Å²) in [4.78, 5) is 17.4. The van der Waals surface area contributed by atoms with Crippen molar-refractivity contribution in [2.45, 2.75) is 4.90 Å². The number of carbonyl (C=O) groups is 1. The number of hydrogen-bond acceptors (Lipinski definition) is 4. The van der Waals surface area contributed by atoms with E-state index in [-0.39, 0.29) is 29.8 Å². The fourth-order valence-corrected chi connectivity index (χ4v) is 4.37. The molecule has 25 heavy (non-hydrogen) atoms. The second kappa shape index (κ2) is 7.51. The van der Waals surface area contributed by atoms with Crippen molar-refractivity contribution in [2.75, 3.05) is 32.1 Å². The molecule has 1 aromatic heterocycles. The van der Waals surface area contributed by atoms with Gasteiger partial charge in [0.2, 0.25) is 15.9 Å². The number of carbonyl (C=O) groups excluding carboxylic acids is 1. The normalized spacial score (nSPS) is 16.0. The molecule has 1 amide bonds. The van der Waals surface area contributed by atoms with E-state index in [0.717, 1.165) is 11.1 Å². The quantitative estimate of drug-likeness (QED) is 0.760. The summed E-state index contributed by atoms with van der Waals surface area (Å²) < 4.78 is 26.9. The van der Waals surface area contributed by atoms with Gasteiger partial charge >= 0.3 is 0 Å². The first-order valence-electron chi connectivity index (χ1n) is 7.87. The molecule has 2 aromatic rings. The molecular weight excluding hydrogens is 362 g/mol. The number of aromatic nitrogens is 1. The first-order chi connectivity index (χ1) is 12.0. The van der Waals surface area contributed by atoms with E-state index in [2.05, 4.69) is 4.98 Å². The molecule has 0 unspecified atom stereocenters. The molecule has 0 aliphatic carbocycles. The molecule has 0 N–H and O–H groups in total. The summed E-state index contributed by atoms with van der Waals surface area (Å²) in [5, 5.41) is 0. The van der Waals surface area contributed by atoms with Gasteiger partial charge in [-0.05, 0) is 35.4 Å². The number of sulfonamides is 1. The number of amides is 1. The lowest BCUT2D eigenvalue weighted by Gasteiger charge is -2.33. The zero-order chi connectivity index (χ0) is 17.9. The van der Waals surface area contributed by atoms with Crippen LogP contribution < -0.4 is 0 Å². The Morgan fingerprint density at radius 3 is 2.08 bits per heavy atom. The number of nitrogens with zero attached hydrogens (tertiary/aromatic N) is 3. The Morgan fingerprint density at radius 1 is 0.960 bits per heavy atom. The Bertz CT molecular complexity index is 833. The number of hydrogen-bond donors (Lipinski definition) is 0. The van der Waals surface area contributed by atoms with Crippen LogP contribution in [0.15, 0.2) is 53.7 Å². The fraction of sp³-hybridized carbons (Fsp3) is 0.294. The largest absolute Gasteiger partial charge is 0.339 e. The SMILES string of the molecule is O=C(CCl)N1CCN(S(=O)(=O)c2ccc(-c3ccncc3)cc2)CC1. The minimum absolute atomic E-state index is 0.0801. The van der Waals surface area contributed by atoms with Gasteiger partial charge in [0.25, 0.3) is 0 Å². The molecular formula is C17H18ClN3O3S. The second-order valence-corrected chi connectivity index (χ2v) is 7.88. The van der Waals surface area contributed by atoms with Crippen molar-refractivity contribution in [3.63, 3.8) is 0 Å². The van der Waals surface area contributed by atoms with Crippen molar-refractivity contribution >= 4 is 27.5 Å². The third-order valence-corrected chi connectivity index (χ3v) is 6.35. The number of halogens is 1. The maximum Gasteiger partial charge on any atom is 0.243 e. The number of alkyl halides is 1. The minimum atomic E-state index is -3.57. The van der Waals surface area contributed by atoms with E-state index in [1.165, 1.54) is 4.31 Å². The minimum Gasteiger partial charge on any atom is -0.339 e. The van der Waals surface area contributed by atoms with Gasteiger partial charge in [0.15, 0.2) is 0 Å². The first kappa shape index (κ1) is 17.8. The van der Waals surface area contributed by atoms with Crippen molar-refractivity contribution < 1.29 is 13.2 Å². The van der Waals surface area contributed by atoms with Crippen LogP contribution in [-0.4, -0.2) is 60.6 Å². The van der Waals surface area contributed by atoms with Gasteiger partial charge in [0, 0.05) is 38.6 Å². The van der Waals surface area contributed by atoms with Crippen LogP contribution in [0.2, 0.25) is 0 Å². The summed E-state index contributed by atoms with van der Waals surface area (Å²) in [5.41, 5.74) is 1.91. The molecule has 0 atom stereocenters. The summed E-state index contributed by atoms with van der Waals surface area (Å²) in [7, 11) is -3.57. The number of pyridine rings is 1. The molecule has 0 saturated carbocycles. The lowest BCUT2D eigenvalue weighted by Crippen LogP contribution is -2.50. The molecule has 3 rings (SSSR count). The number of piperazine rings is 1. The number of rotatable bonds is 4. The third kappa shape index (κ3) is 3.84. The summed E-state index contributed by atoms with van der Waals surface area (Å²) in [6.07, 6.45) is 3.39. The van der Waals surface area contributed by atoms with Gasteiger partial charge in [0.1, 0.15) is 5.88 Å². The highest BCUT2D eigenvalue weighted by atomic mass is 35.5. The Labute approximate surface area is 152 Å². The molecule has 132 valence electrons. The van der Waals surface area contributed by atoms with Crippen LogP contribution in [-0.2, 0) is 14.8 Å². The Kier molecular flexibility index (Phi) is 5.36. The van der Waals surface area contributed by atoms with Gasteiger partial charge < -0.3 is 4.90 Å². The Morgan fingerprint density at radius 2 is 1.52 bits per heavy atom. The maximum atomic E-state index is 12.8. The van der Waals surface area contributed by atoms with Crippen LogP contribution in [0.5, 0.6) is 0 Å². The fourth-order valence-electron chi connectivity index (χ4n) is 2.78. The van der Waals surface area contributed by atoms with Crippen LogP contribution in [0.1, 0.15) is 0 Å². The highest BCUT2D eigenvalue weighted by molar-refractivity contribution is 7.89. The smallest absolute Gasteiger partial charge is 0.243 e. The summed E-state index contributed by atoms with van der Waals surface area (Å²) in [6.45, 7) is 1.27. The molecule has 0 bridgehead atoms. The van der Waals surface area contributed by atoms with Crippen molar-refractivity contribution in [2.24, 2.45) is 0 Å².